The van der Waals surface area contributed by atoms with Gasteiger partial charge in [-0.2, -0.15) is 0 Å². The van der Waals surface area contributed by atoms with E-state index in [0.717, 1.165) is 37.7 Å². The minimum atomic E-state index is -0.138. The van der Waals surface area contributed by atoms with Gasteiger partial charge in [0.15, 0.2) is 5.01 Å². The van der Waals surface area contributed by atoms with Crippen LogP contribution in [0.25, 0.3) is 11.1 Å². The van der Waals surface area contributed by atoms with Crippen molar-refractivity contribution in [2.75, 3.05) is 54.9 Å². The zero-order chi connectivity index (χ0) is 22.6. The normalized spacial score (nSPS) is 16.1. The first-order valence-electron chi connectivity index (χ1n) is 11.0. The smallest absolute Gasteiger partial charge is 0.323 e. The van der Waals surface area contributed by atoms with E-state index in [-0.39, 0.29) is 6.03 Å². The summed E-state index contributed by atoms with van der Waals surface area (Å²) in [6.45, 7) is 4.40. The molecule has 0 unspecified atom stereocenters. The van der Waals surface area contributed by atoms with Crippen molar-refractivity contribution in [2.45, 2.75) is 6.04 Å². The van der Waals surface area contributed by atoms with Crippen molar-refractivity contribution in [1.82, 2.24) is 9.88 Å². The van der Waals surface area contributed by atoms with Gasteiger partial charge < -0.3 is 19.9 Å². The molecule has 2 N–H and O–H groups in total. The highest BCUT2D eigenvalue weighted by Crippen LogP contribution is 2.27. The molecular weight excluding hydrogens is 434 g/mol. The van der Waals surface area contributed by atoms with Crippen LogP contribution in [0.4, 0.5) is 22.0 Å². The monoisotopic (exact) mass is 459 g/mol. The second kappa shape index (κ2) is 9.53. The van der Waals surface area contributed by atoms with Crippen LogP contribution in [0, 0.1) is 12.3 Å². The fourth-order valence-corrected chi connectivity index (χ4v) is 4.52. The highest BCUT2D eigenvalue weighted by Gasteiger charge is 2.22. The van der Waals surface area contributed by atoms with E-state index in [1.165, 1.54) is 22.5 Å². The van der Waals surface area contributed by atoms with Crippen molar-refractivity contribution in [3.05, 3.63) is 58.9 Å². The van der Waals surface area contributed by atoms with Gasteiger partial charge in [-0.3, -0.25) is 5.32 Å². The van der Waals surface area contributed by atoms with Crippen molar-refractivity contribution in [3.8, 4) is 23.5 Å². The second-order valence-corrected chi connectivity index (χ2v) is 8.95. The third-order valence-electron chi connectivity index (χ3n) is 5.87. The van der Waals surface area contributed by atoms with Crippen molar-refractivity contribution < 1.29 is 9.53 Å². The predicted molar refractivity (Wildman–Crippen MR) is 133 cm³/mol. The largest absolute Gasteiger partial charge is 0.378 e. The summed E-state index contributed by atoms with van der Waals surface area (Å²) in [6.07, 6.45) is 5.34. The Kier molecular flexibility index (Phi) is 6.15. The maximum Gasteiger partial charge on any atom is 0.323 e. The molecule has 3 heterocycles. The molecular formula is C25H25N5O2S. The number of anilines is 3. The number of nitrogens with zero attached hydrogens (tertiary/aromatic N) is 3. The van der Waals surface area contributed by atoms with Crippen LogP contribution in [0.15, 0.2) is 53.9 Å². The van der Waals surface area contributed by atoms with E-state index >= 15 is 0 Å². The van der Waals surface area contributed by atoms with Crippen molar-refractivity contribution >= 4 is 34.6 Å². The average molecular weight is 460 g/mol. The Morgan fingerprint density at radius 1 is 1.09 bits per heavy atom. The van der Waals surface area contributed by atoms with Crippen LogP contribution < -0.4 is 15.5 Å². The maximum absolute atomic E-state index is 12.5. The lowest BCUT2D eigenvalue weighted by Gasteiger charge is -2.36. The number of amides is 2. The zero-order valence-electron chi connectivity index (χ0n) is 18.2. The fraction of sp³-hybridized carbons (Fsp3) is 0.280. The number of carbonyl (C=O) groups excluding carboxylic acids is 1. The SMILES string of the molecule is C#Cc1nc(NC(=O)N2CCN(c3ccc(-c4cccc(NC5COC5)c4)cc3)CC2)cs1. The number of hydrogen-bond acceptors (Lipinski definition) is 6. The summed E-state index contributed by atoms with van der Waals surface area (Å²) in [4.78, 5) is 20.8. The number of carbonyl (C=O) groups is 1. The number of ether oxygens (including phenoxy) is 1. The van der Waals surface area contributed by atoms with E-state index in [1.54, 1.807) is 5.38 Å². The predicted octanol–water partition coefficient (Wildman–Crippen LogP) is 3.96. The van der Waals surface area contributed by atoms with Gasteiger partial charge in [0, 0.05) is 42.9 Å². The number of urea groups is 1. The third-order valence-corrected chi connectivity index (χ3v) is 6.64. The van der Waals surface area contributed by atoms with E-state index in [0.29, 0.717) is 30.0 Å². The molecule has 3 aromatic rings. The topological polar surface area (TPSA) is 69.7 Å². The second-order valence-electron chi connectivity index (χ2n) is 8.09. The van der Waals surface area contributed by atoms with Crippen molar-refractivity contribution in [2.24, 2.45) is 0 Å². The Hall–Kier alpha value is -3.54. The number of thiazole rings is 1. The summed E-state index contributed by atoms with van der Waals surface area (Å²) >= 11 is 1.34. The molecule has 0 saturated carbocycles. The zero-order valence-corrected chi connectivity index (χ0v) is 19.0. The number of piperazine rings is 1. The minimum absolute atomic E-state index is 0.138. The van der Waals surface area contributed by atoms with Crippen LogP contribution in [0.3, 0.4) is 0 Å². The van der Waals surface area contributed by atoms with Gasteiger partial charge in [-0.15, -0.1) is 17.8 Å². The molecule has 2 aliphatic heterocycles. The van der Waals surface area contributed by atoms with Crippen molar-refractivity contribution in [3.63, 3.8) is 0 Å². The first kappa shape index (κ1) is 21.3. The molecule has 2 aliphatic rings. The highest BCUT2D eigenvalue weighted by molar-refractivity contribution is 7.10. The molecule has 2 aromatic carbocycles. The summed E-state index contributed by atoms with van der Waals surface area (Å²) < 4.78 is 5.24. The van der Waals surface area contributed by atoms with Crippen molar-refractivity contribution in [1.29, 1.82) is 0 Å². The van der Waals surface area contributed by atoms with Crippen LogP contribution in [0.1, 0.15) is 5.01 Å². The van der Waals surface area contributed by atoms with Crippen LogP contribution in [-0.2, 0) is 4.74 Å². The molecule has 0 aliphatic carbocycles. The van der Waals surface area contributed by atoms with E-state index in [4.69, 9.17) is 11.2 Å². The molecule has 8 heteroatoms. The van der Waals surface area contributed by atoms with E-state index in [1.807, 2.05) is 4.90 Å². The molecule has 2 amide bonds. The van der Waals surface area contributed by atoms with Gasteiger partial charge >= 0.3 is 6.03 Å². The Balaban J connectivity index is 1.16. The van der Waals surface area contributed by atoms with Gasteiger partial charge in [0.25, 0.3) is 0 Å². The van der Waals surface area contributed by atoms with Gasteiger partial charge in [-0.25, -0.2) is 9.78 Å². The standard InChI is InChI=1S/C25H25N5O2S/c1-2-24-27-23(17-33-24)28-25(31)30-12-10-29(11-13-30)22-8-6-18(7-9-22)19-4-3-5-20(14-19)26-21-15-32-16-21/h1,3-9,14,17,21,26H,10-13,15-16H2,(H,28,31). The summed E-state index contributed by atoms with van der Waals surface area (Å²) in [5.41, 5.74) is 4.65. The Morgan fingerprint density at radius 3 is 2.55 bits per heavy atom. The molecule has 0 radical (unpaired) electrons. The highest BCUT2D eigenvalue weighted by atomic mass is 32.1. The number of nitrogens with one attached hydrogen (secondary N) is 2. The van der Waals surface area contributed by atoms with Gasteiger partial charge in [-0.1, -0.05) is 24.3 Å². The molecule has 5 rings (SSSR count). The van der Waals surface area contributed by atoms with Crippen LogP contribution in [0.2, 0.25) is 0 Å². The Morgan fingerprint density at radius 2 is 1.88 bits per heavy atom. The first-order valence-corrected chi connectivity index (χ1v) is 11.8. The van der Waals surface area contributed by atoms with Crippen LogP contribution in [0.5, 0.6) is 0 Å². The van der Waals surface area contributed by atoms with Gasteiger partial charge in [-0.05, 0) is 41.3 Å². The summed E-state index contributed by atoms with van der Waals surface area (Å²) in [6, 6.07) is 17.4. The number of terminal acetylenes is 1. The quantitative estimate of drug-likeness (QED) is 0.566. The molecule has 33 heavy (non-hydrogen) atoms. The minimum Gasteiger partial charge on any atom is -0.378 e. The number of aromatic nitrogens is 1. The number of rotatable bonds is 5. The lowest BCUT2D eigenvalue weighted by molar-refractivity contribution is 0.0211. The van der Waals surface area contributed by atoms with E-state index in [9.17, 15) is 4.79 Å². The number of hydrogen-bond donors (Lipinski definition) is 2. The summed E-state index contributed by atoms with van der Waals surface area (Å²) in [7, 11) is 0. The average Bonchev–Trinajstić information content (AvgIpc) is 3.29. The molecule has 7 nitrogen and oxygen atoms in total. The molecule has 1 aromatic heterocycles. The maximum atomic E-state index is 12.5. The molecule has 2 saturated heterocycles. The van der Waals surface area contributed by atoms with E-state index in [2.05, 4.69) is 75.0 Å². The molecule has 0 atom stereocenters. The number of benzene rings is 2. The van der Waals surface area contributed by atoms with E-state index < -0.39 is 0 Å². The van der Waals surface area contributed by atoms with Gasteiger partial charge in [0.05, 0.1) is 19.3 Å². The first-order chi connectivity index (χ1) is 16.2. The van der Waals surface area contributed by atoms with Crippen LogP contribution >= 0.6 is 11.3 Å². The third kappa shape index (κ3) is 4.95. The van der Waals surface area contributed by atoms with Gasteiger partial charge in [0.1, 0.15) is 5.82 Å². The molecule has 2 fully saturated rings. The Bertz CT molecular complexity index is 1160. The lowest BCUT2D eigenvalue weighted by atomic mass is 10.0. The van der Waals surface area contributed by atoms with Gasteiger partial charge in [0.2, 0.25) is 0 Å². The molecule has 0 bridgehead atoms. The summed E-state index contributed by atoms with van der Waals surface area (Å²) in [5.74, 6) is 2.99. The summed E-state index contributed by atoms with van der Waals surface area (Å²) in [5, 5.41) is 8.66. The Labute approximate surface area is 197 Å². The lowest BCUT2D eigenvalue weighted by Crippen LogP contribution is -2.50. The fourth-order valence-electron chi connectivity index (χ4n) is 3.96. The molecule has 168 valence electrons. The molecule has 0 spiro atoms. The van der Waals surface area contributed by atoms with Crippen LogP contribution in [-0.4, -0.2) is 61.3 Å².